The highest BCUT2D eigenvalue weighted by Crippen LogP contribution is 2.30. The molecule has 166 valence electrons. The van der Waals surface area contributed by atoms with Gasteiger partial charge in [-0.1, -0.05) is 24.1 Å². The number of sulfonamides is 1. The maximum atomic E-state index is 12.9. The van der Waals surface area contributed by atoms with Crippen molar-refractivity contribution in [2.75, 3.05) is 32.1 Å². The van der Waals surface area contributed by atoms with Gasteiger partial charge in [0.2, 0.25) is 10.0 Å². The zero-order valence-electron chi connectivity index (χ0n) is 17.0. The van der Waals surface area contributed by atoms with Crippen LogP contribution in [0, 0.1) is 0 Å². The summed E-state index contributed by atoms with van der Waals surface area (Å²) in [4.78, 5) is 24.4. The van der Waals surface area contributed by atoms with Crippen LogP contribution in [0.2, 0.25) is 5.02 Å². The van der Waals surface area contributed by atoms with Gasteiger partial charge in [-0.3, -0.25) is 4.79 Å². The van der Waals surface area contributed by atoms with E-state index in [1.807, 2.05) is 0 Å². The monoisotopic (exact) mass is 466 g/mol. The Morgan fingerprint density at radius 1 is 1.10 bits per heavy atom. The fraction of sp³-hybridized carbons (Fsp3) is 0.333. The molecule has 1 aliphatic rings. The first-order chi connectivity index (χ1) is 14.8. The quantitative estimate of drug-likeness (QED) is 0.628. The normalized spacial score (nSPS) is 14.6. The summed E-state index contributed by atoms with van der Waals surface area (Å²) in [6, 6.07) is 10.4. The van der Waals surface area contributed by atoms with Gasteiger partial charge in [0.15, 0.2) is 6.61 Å². The number of ether oxygens (including phenoxy) is 2. The third-order valence-electron chi connectivity index (χ3n) is 4.79. The van der Waals surface area contributed by atoms with Crippen LogP contribution in [0.3, 0.4) is 0 Å². The van der Waals surface area contributed by atoms with E-state index in [4.69, 9.17) is 21.1 Å². The topological polar surface area (TPSA) is 102 Å². The predicted octanol–water partition coefficient (Wildman–Crippen LogP) is 3.32. The van der Waals surface area contributed by atoms with Gasteiger partial charge >= 0.3 is 5.97 Å². The predicted molar refractivity (Wildman–Crippen MR) is 116 cm³/mol. The molecule has 0 bridgehead atoms. The van der Waals surface area contributed by atoms with Crippen LogP contribution in [0.4, 0.5) is 5.69 Å². The summed E-state index contributed by atoms with van der Waals surface area (Å²) in [5, 5.41) is 2.92. The van der Waals surface area contributed by atoms with Gasteiger partial charge in [0, 0.05) is 18.1 Å². The molecule has 8 nitrogen and oxygen atoms in total. The van der Waals surface area contributed by atoms with Crippen LogP contribution in [0.5, 0.6) is 5.75 Å². The maximum Gasteiger partial charge on any atom is 0.338 e. The molecule has 0 atom stereocenters. The number of benzene rings is 2. The second kappa shape index (κ2) is 10.1. The number of amides is 1. The van der Waals surface area contributed by atoms with Gasteiger partial charge in [-0.15, -0.1) is 0 Å². The number of carbonyl (C=O) groups is 2. The van der Waals surface area contributed by atoms with Crippen LogP contribution >= 0.6 is 11.6 Å². The molecule has 1 saturated heterocycles. The zero-order chi connectivity index (χ0) is 22.4. The minimum Gasteiger partial charge on any atom is -0.495 e. The summed E-state index contributed by atoms with van der Waals surface area (Å²) >= 11 is 5.85. The first-order valence-corrected chi connectivity index (χ1v) is 11.5. The molecule has 0 unspecified atom stereocenters. The van der Waals surface area contributed by atoms with Gasteiger partial charge in [-0.2, -0.15) is 4.31 Å². The van der Waals surface area contributed by atoms with Gasteiger partial charge in [0.1, 0.15) is 5.75 Å². The Hall–Kier alpha value is -2.62. The van der Waals surface area contributed by atoms with Crippen molar-refractivity contribution in [2.24, 2.45) is 0 Å². The molecule has 10 heteroatoms. The van der Waals surface area contributed by atoms with Gasteiger partial charge in [0.05, 0.1) is 23.3 Å². The molecule has 1 amide bonds. The van der Waals surface area contributed by atoms with Crippen molar-refractivity contribution < 1.29 is 27.5 Å². The highest BCUT2D eigenvalue weighted by Gasteiger charge is 2.27. The van der Waals surface area contributed by atoms with Crippen molar-refractivity contribution in [2.45, 2.75) is 24.2 Å². The number of hydrogen-bond acceptors (Lipinski definition) is 6. The summed E-state index contributed by atoms with van der Waals surface area (Å²) in [7, 11) is -2.28. The van der Waals surface area contributed by atoms with Crippen molar-refractivity contribution in [1.82, 2.24) is 4.31 Å². The van der Waals surface area contributed by atoms with Crippen LogP contribution < -0.4 is 10.1 Å². The summed E-state index contributed by atoms with van der Waals surface area (Å²) < 4.78 is 37.5. The van der Waals surface area contributed by atoms with Crippen molar-refractivity contribution in [3.05, 3.63) is 53.1 Å². The molecule has 1 aliphatic heterocycles. The average Bonchev–Trinajstić information content (AvgIpc) is 2.78. The molecule has 0 radical (unpaired) electrons. The molecule has 0 saturated carbocycles. The average molecular weight is 467 g/mol. The first kappa shape index (κ1) is 23.1. The molecule has 0 aromatic heterocycles. The highest BCUT2D eigenvalue weighted by atomic mass is 35.5. The Bertz CT molecular complexity index is 1070. The van der Waals surface area contributed by atoms with Crippen LogP contribution in [-0.2, 0) is 19.6 Å². The molecule has 1 heterocycles. The molecular formula is C21H23ClN2O6S. The Kier molecular flexibility index (Phi) is 7.53. The van der Waals surface area contributed by atoms with Gasteiger partial charge in [-0.25, -0.2) is 13.2 Å². The number of nitrogens with zero attached hydrogens (tertiary/aromatic N) is 1. The van der Waals surface area contributed by atoms with E-state index >= 15 is 0 Å². The van der Waals surface area contributed by atoms with Crippen LogP contribution in [0.25, 0.3) is 0 Å². The first-order valence-electron chi connectivity index (χ1n) is 9.72. The molecule has 2 aromatic carbocycles. The number of rotatable bonds is 7. The van der Waals surface area contributed by atoms with Gasteiger partial charge in [-0.05, 0) is 49.2 Å². The second-order valence-electron chi connectivity index (χ2n) is 6.96. The number of hydrogen-bond donors (Lipinski definition) is 1. The zero-order valence-corrected chi connectivity index (χ0v) is 18.5. The Morgan fingerprint density at radius 2 is 1.84 bits per heavy atom. The molecule has 1 N–H and O–H groups in total. The van der Waals surface area contributed by atoms with Crippen molar-refractivity contribution in [3.8, 4) is 5.75 Å². The molecule has 2 aromatic rings. The molecule has 0 spiro atoms. The number of esters is 1. The standard InChI is InChI=1S/C21H23ClN2O6S/c1-29-19-9-8-17(31(27,28)24-10-3-2-4-11-24)13-18(19)23-20(25)14-30-21(26)15-6-5-7-16(22)12-15/h5-9,12-13H,2-4,10-11,14H2,1H3,(H,23,25). The molecule has 1 fully saturated rings. The lowest BCUT2D eigenvalue weighted by molar-refractivity contribution is -0.119. The summed E-state index contributed by atoms with van der Waals surface area (Å²) in [5.74, 6) is -1.06. The SMILES string of the molecule is COc1ccc(S(=O)(=O)N2CCCCC2)cc1NC(=O)COC(=O)c1cccc(Cl)c1. The van der Waals surface area contributed by atoms with Gasteiger partial charge < -0.3 is 14.8 Å². The minimum atomic E-state index is -3.68. The number of piperidine rings is 1. The van der Waals surface area contributed by atoms with E-state index in [2.05, 4.69) is 5.32 Å². The number of halogens is 1. The third kappa shape index (κ3) is 5.75. The van der Waals surface area contributed by atoms with E-state index < -0.39 is 28.5 Å². The summed E-state index contributed by atoms with van der Waals surface area (Å²) in [6.07, 6.45) is 2.64. The lowest BCUT2D eigenvalue weighted by Crippen LogP contribution is -2.35. The molecular weight excluding hydrogens is 444 g/mol. The van der Waals surface area contributed by atoms with Crippen LogP contribution in [0.15, 0.2) is 47.4 Å². The van der Waals surface area contributed by atoms with Gasteiger partial charge in [0.25, 0.3) is 5.91 Å². The smallest absolute Gasteiger partial charge is 0.338 e. The van der Waals surface area contributed by atoms with Crippen LogP contribution in [-0.4, -0.2) is 51.4 Å². The summed E-state index contributed by atoms with van der Waals surface area (Å²) in [6.45, 7) is 0.378. The second-order valence-corrected chi connectivity index (χ2v) is 9.34. The largest absolute Gasteiger partial charge is 0.495 e. The Morgan fingerprint density at radius 3 is 2.52 bits per heavy atom. The maximum absolute atomic E-state index is 12.9. The number of methoxy groups -OCH3 is 1. The summed E-state index contributed by atoms with van der Waals surface area (Å²) in [5.41, 5.74) is 0.386. The van der Waals surface area contributed by atoms with Crippen molar-refractivity contribution >= 4 is 39.2 Å². The van der Waals surface area contributed by atoms with E-state index in [-0.39, 0.29) is 21.9 Å². The van der Waals surface area contributed by atoms with E-state index in [1.165, 1.54) is 41.7 Å². The molecule has 3 rings (SSSR count). The fourth-order valence-electron chi connectivity index (χ4n) is 3.22. The van der Waals surface area contributed by atoms with E-state index in [0.717, 1.165) is 19.3 Å². The van der Waals surface area contributed by atoms with Crippen molar-refractivity contribution in [3.63, 3.8) is 0 Å². The number of anilines is 1. The lowest BCUT2D eigenvalue weighted by atomic mass is 10.2. The third-order valence-corrected chi connectivity index (χ3v) is 6.92. The van der Waals surface area contributed by atoms with Crippen molar-refractivity contribution in [1.29, 1.82) is 0 Å². The Labute approximate surface area is 186 Å². The highest BCUT2D eigenvalue weighted by molar-refractivity contribution is 7.89. The Balaban J connectivity index is 1.70. The fourth-order valence-corrected chi connectivity index (χ4v) is 4.95. The molecule has 0 aliphatic carbocycles. The van der Waals surface area contributed by atoms with E-state index in [9.17, 15) is 18.0 Å². The lowest BCUT2D eigenvalue weighted by Gasteiger charge is -2.26. The van der Waals surface area contributed by atoms with Crippen LogP contribution in [0.1, 0.15) is 29.6 Å². The molecule has 31 heavy (non-hydrogen) atoms. The number of nitrogens with one attached hydrogen (secondary N) is 1. The number of carbonyl (C=O) groups excluding carboxylic acids is 2. The minimum absolute atomic E-state index is 0.0569. The van der Waals surface area contributed by atoms with E-state index in [1.54, 1.807) is 12.1 Å². The van der Waals surface area contributed by atoms with E-state index in [0.29, 0.717) is 18.1 Å².